The molecule has 0 radical (unpaired) electrons. The molecule has 0 aromatic carbocycles. The minimum atomic E-state index is -1.03. The van der Waals surface area contributed by atoms with E-state index < -0.39 is 11.8 Å². The van der Waals surface area contributed by atoms with Crippen molar-refractivity contribution in [2.45, 2.75) is 19.8 Å². The van der Waals surface area contributed by atoms with E-state index in [1.165, 1.54) is 0 Å². The Hall–Kier alpha value is -0.860. The van der Waals surface area contributed by atoms with Crippen molar-refractivity contribution in [2.24, 2.45) is 0 Å². The zero-order valence-corrected chi connectivity index (χ0v) is 6.02. The first-order valence-electron chi connectivity index (χ1n) is 3.20. The maximum absolute atomic E-state index is 11.9. The first-order chi connectivity index (χ1) is 4.68. The Morgan fingerprint density at radius 3 is 2.70 bits per heavy atom. The van der Waals surface area contributed by atoms with Gasteiger partial charge in [0.15, 0.2) is 0 Å². The predicted molar refractivity (Wildman–Crippen MR) is 36.1 cm³/mol. The summed E-state index contributed by atoms with van der Waals surface area (Å²) in [6.45, 7) is 5.03. The van der Waals surface area contributed by atoms with E-state index >= 15 is 0 Å². The number of esters is 1. The van der Waals surface area contributed by atoms with Crippen molar-refractivity contribution < 1.29 is 13.9 Å². The normalized spacial score (nSPS) is 9.00. The molecule has 0 aliphatic rings. The molecule has 0 saturated carbocycles. The van der Waals surface area contributed by atoms with Gasteiger partial charge >= 0.3 is 5.97 Å². The van der Waals surface area contributed by atoms with Gasteiger partial charge in [-0.2, -0.15) is 4.39 Å². The molecule has 0 heterocycles. The van der Waals surface area contributed by atoms with E-state index in [0.29, 0.717) is 0 Å². The zero-order chi connectivity index (χ0) is 7.98. The molecule has 0 aliphatic carbocycles. The molecule has 0 aromatic rings. The van der Waals surface area contributed by atoms with Crippen LogP contribution in [-0.2, 0) is 9.53 Å². The fourth-order valence-electron chi connectivity index (χ4n) is 0.388. The Morgan fingerprint density at radius 1 is 1.70 bits per heavy atom. The van der Waals surface area contributed by atoms with E-state index in [9.17, 15) is 9.18 Å². The second kappa shape index (κ2) is 4.97. The van der Waals surface area contributed by atoms with Gasteiger partial charge in [-0.1, -0.05) is 19.9 Å². The van der Waals surface area contributed by atoms with Crippen LogP contribution in [0.4, 0.5) is 4.39 Å². The van der Waals surface area contributed by atoms with Gasteiger partial charge in [-0.05, 0) is 6.42 Å². The number of unbranched alkanes of at least 4 members (excludes halogenated alkanes) is 1. The number of ether oxygens (including phenoxy) is 1. The molecule has 3 heteroatoms. The molecule has 0 amide bonds. The van der Waals surface area contributed by atoms with Crippen molar-refractivity contribution in [3.63, 3.8) is 0 Å². The maximum atomic E-state index is 11.9. The average Bonchev–Trinajstić information content (AvgIpc) is 1.88. The van der Waals surface area contributed by atoms with Crippen LogP contribution < -0.4 is 0 Å². The van der Waals surface area contributed by atoms with E-state index in [2.05, 4.69) is 11.3 Å². The van der Waals surface area contributed by atoms with E-state index in [-0.39, 0.29) is 6.61 Å². The van der Waals surface area contributed by atoms with Gasteiger partial charge in [0, 0.05) is 0 Å². The molecule has 2 nitrogen and oxygen atoms in total. The topological polar surface area (TPSA) is 26.3 Å². The van der Waals surface area contributed by atoms with Crippen molar-refractivity contribution in [3.05, 3.63) is 12.4 Å². The molecule has 0 saturated heterocycles. The second-order valence-electron chi connectivity index (χ2n) is 1.89. The quantitative estimate of drug-likeness (QED) is 0.343. The third-order valence-corrected chi connectivity index (χ3v) is 0.953. The summed E-state index contributed by atoms with van der Waals surface area (Å²) >= 11 is 0. The SMILES string of the molecule is C=C(F)C(=O)OCCCC. The van der Waals surface area contributed by atoms with Crippen LogP contribution in [0.1, 0.15) is 19.8 Å². The van der Waals surface area contributed by atoms with Crippen LogP contribution in [0, 0.1) is 0 Å². The minimum Gasteiger partial charge on any atom is -0.460 e. The third kappa shape index (κ3) is 4.06. The van der Waals surface area contributed by atoms with E-state index in [4.69, 9.17) is 0 Å². The number of rotatable bonds is 4. The van der Waals surface area contributed by atoms with Crippen LogP contribution in [0.15, 0.2) is 12.4 Å². The molecule has 0 aliphatic heterocycles. The van der Waals surface area contributed by atoms with Crippen molar-refractivity contribution >= 4 is 5.97 Å². The molecular formula is C7H11FO2. The smallest absolute Gasteiger partial charge is 0.366 e. The number of carbonyl (C=O) groups excluding carboxylic acids is 1. The van der Waals surface area contributed by atoms with Crippen molar-refractivity contribution in [1.82, 2.24) is 0 Å². The zero-order valence-electron chi connectivity index (χ0n) is 6.02. The summed E-state index contributed by atoms with van der Waals surface area (Å²) in [5.41, 5.74) is 0. The van der Waals surface area contributed by atoms with E-state index in [1.54, 1.807) is 0 Å². The first kappa shape index (κ1) is 9.14. The molecule has 0 aromatic heterocycles. The van der Waals surface area contributed by atoms with Crippen molar-refractivity contribution in [3.8, 4) is 0 Å². The molecule has 0 unspecified atom stereocenters. The highest BCUT2D eigenvalue weighted by Crippen LogP contribution is 1.96. The standard InChI is InChI=1S/C7H11FO2/c1-3-4-5-10-7(9)6(2)8/h2-5H2,1H3. The number of halogens is 1. The Balaban J connectivity index is 3.31. The van der Waals surface area contributed by atoms with Gasteiger partial charge in [0.25, 0.3) is 0 Å². The van der Waals surface area contributed by atoms with Crippen molar-refractivity contribution in [2.75, 3.05) is 6.61 Å². The third-order valence-electron chi connectivity index (χ3n) is 0.953. The van der Waals surface area contributed by atoms with E-state index in [1.807, 2.05) is 6.92 Å². The second-order valence-corrected chi connectivity index (χ2v) is 1.89. The van der Waals surface area contributed by atoms with Crippen molar-refractivity contribution in [1.29, 1.82) is 0 Å². The Kier molecular flexibility index (Phi) is 4.54. The fraction of sp³-hybridized carbons (Fsp3) is 0.571. The molecule has 0 fully saturated rings. The van der Waals surface area contributed by atoms with Gasteiger partial charge in [-0.3, -0.25) is 0 Å². The van der Waals surface area contributed by atoms with Gasteiger partial charge in [0.2, 0.25) is 5.83 Å². The summed E-state index contributed by atoms with van der Waals surface area (Å²) in [5, 5.41) is 0. The van der Waals surface area contributed by atoms with Gasteiger partial charge in [-0.15, -0.1) is 0 Å². The number of hydrogen-bond donors (Lipinski definition) is 0. The Morgan fingerprint density at radius 2 is 2.30 bits per heavy atom. The van der Waals surface area contributed by atoms with Crippen LogP contribution in [-0.4, -0.2) is 12.6 Å². The largest absolute Gasteiger partial charge is 0.460 e. The summed E-state index contributed by atoms with van der Waals surface area (Å²) in [6, 6.07) is 0. The lowest BCUT2D eigenvalue weighted by Crippen LogP contribution is -2.04. The van der Waals surface area contributed by atoms with Gasteiger partial charge < -0.3 is 4.74 Å². The van der Waals surface area contributed by atoms with Crippen LogP contribution >= 0.6 is 0 Å². The minimum absolute atomic E-state index is 0.276. The first-order valence-corrected chi connectivity index (χ1v) is 3.20. The van der Waals surface area contributed by atoms with Crippen LogP contribution in [0.2, 0.25) is 0 Å². The van der Waals surface area contributed by atoms with Crippen LogP contribution in [0.5, 0.6) is 0 Å². The molecule has 10 heavy (non-hydrogen) atoms. The fourth-order valence-corrected chi connectivity index (χ4v) is 0.388. The number of carbonyl (C=O) groups is 1. The van der Waals surface area contributed by atoms with Gasteiger partial charge in [0.1, 0.15) is 0 Å². The van der Waals surface area contributed by atoms with Crippen LogP contribution in [0.25, 0.3) is 0 Å². The summed E-state index contributed by atoms with van der Waals surface area (Å²) in [6.07, 6.45) is 1.69. The number of hydrogen-bond acceptors (Lipinski definition) is 2. The monoisotopic (exact) mass is 146 g/mol. The molecule has 0 rings (SSSR count). The Bertz CT molecular complexity index is 132. The average molecular weight is 146 g/mol. The molecule has 58 valence electrons. The van der Waals surface area contributed by atoms with Crippen LogP contribution in [0.3, 0.4) is 0 Å². The molecular weight excluding hydrogens is 135 g/mol. The molecule has 0 N–H and O–H groups in total. The lowest BCUT2D eigenvalue weighted by Gasteiger charge is -1.99. The summed E-state index contributed by atoms with van der Waals surface area (Å²) in [5.74, 6) is -1.98. The highest BCUT2D eigenvalue weighted by atomic mass is 19.1. The molecule has 0 atom stereocenters. The van der Waals surface area contributed by atoms with E-state index in [0.717, 1.165) is 12.8 Å². The van der Waals surface area contributed by atoms with Gasteiger partial charge in [-0.25, -0.2) is 4.79 Å². The highest BCUT2D eigenvalue weighted by molar-refractivity contribution is 5.85. The lowest BCUT2D eigenvalue weighted by molar-refractivity contribution is -0.140. The summed E-state index contributed by atoms with van der Waals surface area (Å²) in [4.78, 5) is 10.3. The predicted octanol–water partition coefficient (Wildman–Crippen LogP) is 1.81. The molecule has 0 spiro atoms. The lowest BCUT2D eigenvalue weighted by atomic mass is 10.4. The molecule has 0 bridgehead atoms. The Labute approximate surface area is 59.7 Å². The summed E-state index contributed by atoms with van der Waals surface area (Å²) in [7, 11) is 0. The van der Waals surface area contributed by atoms with Gasteiger partial charge in [0.05, 0.1) is 6.61 Å². The summed E-state index contributed by atoms with van der Waals surface area (Å²) < 4.78 is 16.3. The maximum Gasteiger partial charge on any atom is 0.366 e. The highest BCUT2D eigenvalue weighted by Gasteiger charge is 2.04.